The van der Waals surface area contributed by atoms with E-state index in [1.807, 2.05) is 0 Å². The van der Waals surface area contributed by atoms with Gasteiger partial charge in [-0.15, -0.1) is 0 Å². The Morgan fingerprint density at radius 3 is 3.22 bits per heavy atom. The van der Waals surface area contributed by atoms with Crippen LogP contribution in [0.5, 0.6) is 0 Å². The number of hydrogen-bond acceptors (Lipinski definition) is 3. The molecule has 92 valence electrons. The molecule has 2 aromatic rings. The van der Waals surface area contributed by atoms with Crippen LogP contribution in [0.4, 0.5) is 0 Å². The van der Waals surface area contributed by atoms with Gasteiger partial charge in [0, 0.05) is 11.6 Å². The standard InChI is InChI=1S/C14H14N2O2/c1-2-18-9-8-12-10-14(17)16(15-11-12)13-6-4-3-5-7-13/h3-11H,2H2,1H3/i3D,4D,5D,6D,10D,11D. The normalized spacial score (nSPS) is 15.4. The van der Waals surface area contributed by atoms with Crippen molar-refractivity contribution in [1.29, 1.82) is 0 Å². The van der Waals surface area contributed by atoms with Crippen molar-refractivity contribution in [2.24, 2.45) is 0 Å². The van der Waals surface area contributed by atoms with Crippen molar-refractivity contribution in [1.82, 2.24) is 9.78 Å². The van der Waals surface area contributed by atoms with Crippen molar-refractivity contribution in [3.63, 3.8) is 0 Å². The molecule has 0 fully saturated rings. The number of rotatable bonds is 4. The van der Waals surface area contributed by atoms with Gasteiger partial charge in [-0.05, 0) is 25.1 Å². The molecule has 0 saturated carbocycles. The van der Waals surface area contributed by atoms with E-state index in [-0.39, 0.29) is 23.5 Å². The van der Waals surface area contributed by atoms with E-state index in [1.165, 1.54) is 12.3 Å². The lowest BCUT2D eigenvalue weighted by atomic mass is 10.3. The summed E-state index contributed by atoms with van der Waals surface area (Å²) >= 11 is 0. The Balaban J connectivity index is 2.69. The molecule has 0 amide bonds. The van der Waals surface area contributed by atoms with Crippen LogP contribution in [-0.4, -0.2) is 16.4 Å². The van der Waals surface area contributed by atoms with E-state index >= 15 is 0 Å². The lowest BCUT2D eigenvalue weighted by Crippen LogP contribution is -2.20. The van der Waals surface area contributed by atoms with E-state index in [4.69, 9.17) is 13.0 Å². The summed E-state index contributed by atoms with van der Waals surface area (Å²) < 4.78 is 52.0. The zero-order chi connectivity index (χ0) is 18.0. The van der Waals surface area contributed by atoms with Crippen molar-refractivity contribution < 1.29 is 13.0 Å². The zero-order valence-electron chi connectivity index (χ0n) is 15.7. The second-order valence-corrected chi connectivity index (χ2v) is 3.17. The van der Waals surface area contributed by atoms with Gasteiger partial charge in [-0.1, -0.05) is 18.1 Å². The first-order valence-electron chi connectivity index (χ1n) is 8.26. The fraction of sp³-hybridized carbons (Fsp3) is 0.143. The molecule has 0 spiro atoms. The maximum Gasteiger partial charge on any atom is 0.272 e. The van der Waals surface area contributed by atoms with Gasteiger partial charge < -0.3 is 4.74 Å². The Labute approximate surface area is 114 Å². The summed E-state index contributed by atoms with van der Waals surface area (Å²) in [4.78, 5) is 12.3. The summed E-state index contributed by atoms with van der Waals surface area (Å²) in [5.74, 6) is 0. The Morgan fingerprint density at radius 2 is 2.39 bits per heavy atom. The molecule has 1 aromatic carbocycles. The van der Waals surface area contributed by atoms with E-state index in [0.29, 0.717) is 11.3 Å². The highest BCUT2D eigenvalue weighted by atomic mass is 16.5. The molecule has 0 saturated heterocycles. The zero-order valence-corrected chi connectivity index (χ0v) is 9.65. The van der Waals surface area contributed by atoms with Gasteiger partial charge in [-0.25, -0.2) is 0 Å². The molecular weight excluding hydrogens is 228 g/mol. The Hall–Kier alpha value is -2.36. The summed E-state index contributed by atoms with van der Waals surface area (Å²) in [5, 5.41) is 3.75. The highest BCUT2D eigenvalue weighted by Gasteiger charge is 2.00. The molecule has 4 nitrogen and oxygen atoms in total. The third kappa shape index (κ3) is 2.85. The molecule has 0 aliphatic heterocycles. The first-order valence-corrected chi connectivity index (χ1v) is 5.26. The maximum atomic E-state index is 12.3. The predicted molar refractivity (Wildman–Crippen MR) is 70.5 cm³/mol. The fourth-order valence-corrected chi connectivity index (χ4v) is 1.19. The Kier molecular flexibility index (Phi) is 2.11. The number of para-hydroxylation sites is 1. The van der Waals surface area contributed by atoms with Crippen LogP contribution in [0.25, 0.3) is 11.8 Å². The van der Waals surface area contributed by atoms with E-state index in [9.17, 15) is 4.79 Å². The van der Waals surface area contributed by atoms with Gasteiger partial charge in [-0.2, -0.15) is 9.78 Å². The molecule has 1 aromatic heterocycles. The topological polar surface area (TPSA) is 44.1 Å². The minimum atomic E-state index is -0.896. The Bertz CT molecular complexity index is 879. The van der Waals surface area contributed by atoms with Crippen LogP contribution in [0.3, 0.4) is 0 Å². The van der Waals surface area contributed by atoms with Crippen LogP contribution >= 0.6 is 0 Å². The quantitative estimate of drug-likeness (QED) is 0.779. The highest BCUT2D eigenvalue weighted by molar-refractivity contribution is 5.46. The molecule has 2 rings (SSSR count). The van der Waals surface area contributed by atoms with Crippen LogP contribution in [0.1, 0.15) is 20.7 Å². The van der Waals surface area contributed by atoms with Crippen molar-refractivity contribution in [3.8, 4) is 5.69 Å². The first-order chi connectivity index (χ1) is 11.3. The second kappa shape index (κ2) is 5.82. The average molecular weight is 248 g/mol. The molecule has 4 heteroatoms. The maximum absolute atomic E-state index is 12.3. The van der Waals surface area contributed by atoms with Crippen molar-refractivity contribution in [2.75, 3.05) is 6.61 Å². The summed E-state index contributed by atoms with van der Waals surface area (Å²) in [5.41, 5.74) is -1.15. The fourth-order valence-electron chi connectivity index (χ4n) is 1.19. The molecule has 0 unspecified atom stereocenters. The number of benzene rings is 1. The molecule has 18 heavy (non-hydrogen) atoms. The van der Waals surface area contributed by atoms with Gasteiger partial charge in [0.25, 0.3) is 5.56 Å². The van der Waals surface area contributed by atoms with Gasteiger partial charge in [-0.3, -0.25) is 4.79 Å². The lowest BCUT2D eigenvalue weighted by Gasteiger charge is -2.03. The van der Waals surface area contributed by atoms with Gasteiger partial charge in [0.15, 0.2) is 0 Å². The SMILES string of the molecule is [2H]c1cc(-n2nc([2H])c(C=COCC)c([2H])c2=O)c([2H])c([2H])c1[2H]. The molecule has 0 aliphatic rings. The van der Waals surface area contributed by atoms with Gasteiger partial charge in [0.2, 0.25) is 0 Å². The molecular formula is C14H14N2O2. The first kappa shape index (κ1) is 6.54. The van der Waals surface area contributed by atoms with Crippen LogP contribution in [0.15, 0.2) is 53.5 Å². The van der Waals surface area contributed by atoms with Crippen LogP contribution in [0.2, 0.25) is 0 Å². The largest absolute Gasteiger partial charge is 0.501 e. The van der Waals surface area contributed by atoms with Gasteiger partial charge >= 0.3 is 0 Å². The van der Waals surface area contributed by atoms with E-state index in [1.54, 1.807) is 6.92 Å². The predicted octanol–water partition coefficient (Wildman–Crippen LogP) is 2.24. The van der Waals surface area contributed by atoms with Crippen molar-refractivity contribution in [2.45, 2.75) is 6.92 Å². The lowest BCUT2D eigenvalue weighted by molar-refractivity contribution is 0.272. The van der Waals surface area contributed by atoms with Crippen LogP contribution in [-0.2, 0) is 4.74 Å². The van der Waals surface area contributed by atoms with E-state index < -0.39 is 29.7 Å². The molecule has 0 aliphatic carbocycles. The van der Waals surface area contributed by atoms with Crippen LogP contribution < -0.4 is 5.56 Å². The van der Waals surface area contributed by atoms with Crippen molar-refractivity contribution >= 4 is 6.08 Å². The van der Waals surface area contributed by atoms with Crippen LogP contribution in [0, 0.1) is 0 Å². The number of nitrogens with zero attached hydrogens (tertiary/aromatic N) is 2. The van der Waals surface area contributed by atoms with E-state index in [2.05, 4.69) is 5.10 Å². The molecule has 0 radical (unpaired) electrons. The monoisotopic (exact) mass is 248 g/mol. The van der Waals surface area contributed by atoms with Gasteiger partial charge in [0.05, 0.1) is 33.0 Å². The smallest absolute Gasteiger partial charge is 0.272 e. The molecule has 0 atom stereocenters. The van der Waals surface area contributed by atoms with E-state index in [0.717, 1.165) is 6.07 Å². The Morgan fingerprint density at radius 1 is 1.50 bits per heavy atom. The number of hydrogen-bond donors (Lipinski definition) is 0. The third-order valence-electron chi connectivity index (χ3n) is 1.96. The number of ether oxygens (including phenoxy) is 1. The summed E-state index contributed by atoms with van der Waals surface area (Å²) in [7, 11) is 0. The number of aromatic nitrogens is 2. The molecule has 1 heterocycles. The minimum absolute atomic E-state index is 0.0365. The average Bonchev–Trinajstić information content (AvgIpc) is 2.55. The summed E-state index contributed by atoms with van der Waals surface area (Å²) in [6, 6.07) is -1.25. The second-order valence-electron chi connectivity index (χ2n) is 3.17. The molecule has 0 N–H and O–H groups in total. The summed E-state index contributed by atoms with van der Waals surface area (Å²) in [6.07, 6.45) is 2.15. The van der Waals surface area contributed by atoms with Gasteiger partial charge in [0.1, 0.15) is 0 Å². The highest BCUT2D eigenvalue weighted by Crippen LogP contribution is 2.03. The summed E-state index contributed by atoms with van der Waals surface area (Å²) in [6.45, 7) is 2.15. The third-order valence-corrected chi connectivity index (χ3v) is 1.96. The molecule has 0 bridgehead atoms. The van der Waals surface area contributed by atoms with Crippen molar-refractivity contribution in [3.05, 3.63) is 64.6 Å². The minimum Gasteiger partial charge on any atom is -0.501 e.